The summed E-state index contributed by atoms with van der Waals surface area (Å²) < 4.78 is 10.3. The number of hydrogen-bond acceptors (Lipinski definition) is 4. The Balaban J connectivity index is 3.62. The van der Waals surface area contributed by atoms with Gasteiger partial charge in [-0.3, -0.25) is 9.59 Å². The molecule has 0 aliphatic rings. The Kier molecular flexibility index (Phi) is 3.66. The highest BCUT2D eigenvalue weighted by molar-refractivity contribution is 6.03. The van der Waals surface area contributed by atoms with Gasteiger partial charge in [-0.25, -0.2) is 0 Å². The summed E-state index contributed by atoms with van der Waals surface area (Å²) in [6.45, 7) is 3.17. The predicted octanol–water partition coefficient (Wildman–Crippen LogP) is 2.03. The third-order valence-corrected chi connectivity index (χ3v) is 2.44. The van der Waals surface area contributed by atoms with Gasteiger partial charge in [-0.05, 0) is 19.9 Å². The molecule has 0 fully saturated rings. The van der Waals surface area contributed by atoms with E-state index in [0.29, 0.717) is 28.9 Å². The van der Waals surface area contributed by atoms with Crippen molar-refractivity contribution in [1.29, 1.82) is 0 Å². The van der Waals surface area contributed by atoms with Gasteiger partial charge in [0.1, 0.15) is 11.5 Å². The minimum atomic E-state index is -0.196. The van der Waals surface area contributed by atoms with Gasteiger partial charge >= 0.3 is 0 Å². The lowest BCUT2D eigenvalue weighted by atomic mass is 10.00. The number of rotatable bonds is 4. The quantitative estimate of drug-likeness (QED) is 0.577. The van der Waals surface area contributed by atoms with Gasteiger partial charge in [-0.15, -0.1) is 0 Å². The molecular formula is C12H14O4. The molecule has 0 bridgehead atoms. The molecule has 0 aliphatic carbocycles. The van der Waals surface area contributed by atoms with Crippen LogP contribution in [0.2, 0.25) is 0 Å². The highest BCUT2D eigenvalue weighted by Crippen LogP contribution is 2.33. The summed E-state index contributed by atoms with van der Waals surface area (Å²) in [4.78, 5) is 22.4. The normalized spacial score (nSPS) is 9.75. The zero-order valence-electron chi connectivity index (χ0n) is 9.79. The number of hydrogen-bond donors (Lipinski definition) is 0. The van der Waals surface area contributed by atoms with Gasteiger partial charge in [0.25, 0.3) is 0 Å². The van der Waals surface area contributed by atoms with Crippen molar-refractivity contribution in [3.05, 3.63) is 22.8 Å². The lowest BCUT2D eigenvalue weighted by Crippen LogP contribution is -2.05. The average Bonchev–Trinajstić information content (AvgIpc) is 2.27. The highest BCUT2D eigenvalue weighted by atomic mass is 16.5. The maximum Gasteiger partial charge on any atom is 0.160 e. The molecule has 1 aromatic carbocycles. The molecule has 4 nitrogen and oxygen atoms in total. The van der Waals surface area contributed by atoms with Crippen molar-refractivity contribution in [2.45, 2.75) is 13.8 Å². The Morgan fingerprint density at radius 3 is 2.31 bits per heavy atom. The number of Topliss-reactive ketones (excluding diaryl/α,β-unsaturated/α-hetero) is 1. The molecule has 0 radical (unpaired) electrons. The van der Waals surface area contributed by atoms with E-state index in [9.17, 15) is 9.59 Å². The Labute approximate surface area is 94.2 Å². The summed E-state index contributed by atoms with van der Waals surface area (Å²) in [5.74, 6) is 0.728. The van der Waals surface area contributed by atoms with Gasteiger partial charge in [0, 0.05) is 11.1 Å². The zero-order valence-corrected chi connectivity index (χ0v) is 9.79. The second-order valence-electron chi connectivity index (χ2n) is 3.37. The molecule has 4 heteroatoms. The first kappa shape index (κ1) is 12.2. The fourth-order valence-electron chi connectivity index (χ4n) is 1.64. The summed E-state index contributed by atoms with van der Waals surface area (Å²) in [7, 11) is 2.96. The Bertz CT molecular complexity index is 435. The maximum atomic E-state index is 11.4. The van der Waals surface area contributed by atoms with Crippen molar-refractivity contribution in [2.24, 2.45) is 0 Å². The van der Waals surface area contributed by atoms with Crippen LogP contribution in [0.3, 0.4) is 0 Å². The van der Waals surface area contributed by atoms with Crippen LogP contribution >= 0.6 is 0 Å². The second kappa shape index (κ2) is 4.79. The molecule has 0 saturated carbocycles. The van der Waals surface area contributed by atoms with Crippen molar-refractivity contribution < 1.29 is 19.1 Å². The number of carbonyl (C=O) groups is 2. The number of methoxy groups -OCH3 is 2. The first-order chi connectivity index (χ1) is 7.56. The molecule has 1 rings (SSSR count). The maximum absolute atomic E-state index is 11.4. The SMILES string of the molecule is COc1cc(C(C)=O)c(C=O)c(OC)c1C. The van der Waals surface area contributed by atoms with Crippen LogP contribution in [0.4, 0.5) is 0 Å². The van der Waals surface area contributed by atoms with E-state index < -0.39 is 0 Å². The average molecular weight is 222 g/mol. The fraction of sp³-hybridized carbons (Fsp3) is 0.333. The standard InChI is InChI=1S/C12H14O4/c1-7-11(15-3)5-9(8(2)14)10(6-13)12(7)16-4/h5-6H,1-4H3. The fourth-order valence-corrected chi connectivity index (χ4v) is 1.64. The van der Waals surface area contributed by atoms with Crippen LogP contribution in [-0.2, 0) is 0 Å². The van der Waals surface area contributed by atoms with Gasteiger partial charge in [-0.2, -0.15) is 0 Å². The lowest BCUT2D eigenvalue weighted by molar-refractivity contribution is 0.100. The van der Waals surface area contributed by atoms with Crippen LogP contribution in [0.15, 0.2) is 6.07 Å². The van der Waals surface area contributed by atoms with Crippen LogP contribution in [0.25, 0.3) is 0 Å². The number of ketones is 1. The monoisotopic (exact) mass is 222 g/mol. The third kappa shape index (κ3) is 1.91. The molecule has 0 amide bonds. The highest BCUT2D eigenvalue weighted by Gasteiger charge is 2.18. The third-order valence-electron chi connectivity index (χ3n) is 2.44. The van der Waals surface area contributed by atoms with Crippen LogP contribution in [0, 0.1) is 6.92 Å². The minimum absolute atomic E-state index is 0.196. The van der Waals surface area contributed by atoms with E-state index in [1.807, 2.05) is 0 Å². The molecule has 16 heavy (non-hydrogen) atoms. The van der Waals surface area contributed by atoms with Crippen LogP contribution in [0.1, 0.15) is 33.2 Å². The van der Waals surface area contributed by atoms with E-state index >= 15 is 0 Å². The molecule has 86 valence electrons. The predicted molar refractivity (Wildman–Crippen MR) is 59.7 cm³/mol. The first-order valence-electron chi connectivity index (χ1n) is 4.78. The molecule has 0 aromatic heterocycles. The molecule has 0 saturated heterocycles. The van der Waals surface area contributed by atoms with Gasteiger partial charge in [-0.1, -0.05) is 0 Å². The summed E-state index contributed by atoms with van der Waals surface area (Å²) in [5, 5.41) is 0. The summed E-state index contributed by atoms with van der Waals surface area (Å²) in [6.07, 6.45) is 0.627. The topological polar surface area (TPSA) is 52.6 Å². The van der Waals surface area contributed by atoms with Gasteiger partial charge in [0.15, 0.2) is 12.1 Å². The van der Waals surface area contributed by atoms with Gasteiger partial charge < -0.3 is 9.47 Å². The Hall–Kier alpha value is -1.84. The van der Waals surface area contributed by atoms with Crippen molar-refractivity contribution in [1.82, 2.24) is 0 Å². The van der Waals surface area contributed by atoms with Gasteiger partial charge in [0.2, 0.25) is 0 Å². The largest absolute Gasteiger partial charge is 0.496 e. The molecule has 0 spiro atoms. The summed E-state index contributed by atoms with van der Waals surface area (Å²) >= 11 is 0. The van der Waals surface area contributed by atoms with Crippen LogP contribution < -0.4 is 9.47 Å². The molecular weight excluding hydrogens is 208 g/mol. The van der Waals surface area contributed by atoms with Crippen LogP contribution in [0.5, 0.6) is 11.5 Å². The van der Waals surface area contributed by atoms with Gasteiger partial charge in [0.05, 0.1) is 19.8 Å². The van der Waals surface area contributed by atoms with E-state index in [4.69, 9.17) is 9.47 Å². The first-order valence-corrected chi connectivity index (χ1v) is 4.78. The molecule has 1 aromatic rings. The van der Waals surface area contributed by atoms with Crippen molar-refractivity contribution in [2.75, 3.05) is 14.2 Å². The number of benzene rings is 1. The summed E-state index contributed by atoms with van der Waals surface area (Å²) in [5.41, 5.74) is 1.29. The molecule has 0 heterocycles. The lowest BCUT2D eigenvalue weighted by Gasteiger charge is -2.14. The van der Waals surface area contributed by atoms with E-state index in [2.05, 4.69) is 0 Å². The van der Waals surface area contributed by atoms with E-state index in [-0.39, 0.29) is 11.3 Å². The number of aldehydes is 1. The van der Waals surface area contributed by atoms with Crippen molar-refractivity contribution in [3.8, 4) is 11.5 Å². The van der Waals surface area contributed by atoms with E-state index in [1.165, 1.54) is 21.1 Å². The number of carbonyl (C=O) groups excluding carboxylic acids is 2. The van der Waals surface area contributed by atoms with E-state index in [0.717, 1.165) is 0 Å². The van der Waals surface area contributed by atoms with Crippen LogP contribution in [-0.4, -0.2) is 26.3 Å². The van der Waals surface area contributed by atoms with Crippen molar-refractivity contribution in [3.63, 3.8) is 0 Å². The zero-order chi connectivity index (χ0) is 12.3. The smallest absolute Gasteiger partial charge is 0.160 e. The minimum Gasteiger partial charge on any atom is -0.496 e. The summed E-state index contributed by atoms with van der Waals surface area (Å²) in [6, 6.07) is 1.56. The van der Waals surface area contributed by atoms with Crippen molar-refractivity contribution >= 4 is 12.1 Å². The molecule has 0 unspecified atom stereocenters. The molecule has 0 N–H and O–H groups in total. The number of ether oxygens (including phenoxy) is 2. The Morgan fingerprint density at radius 2 is 1.94 bits per heavy atom. The Morgan fingerprint density at radius 1 is 1.31 bits per heavy atom. The molecule has 0 aliphatic heterocycles. The molecule has 0 atom stereocenters. The second-order valence-corrected chi connectivity index (χ2v) is 3.37. The van der Waals surface area contributed by atoms with E-state index in [1.54, 1.807) is 13.0 Å².